The topological polar surface area (TPSA) is 85.2 Å². The summed E-state index contributed by atoms with van der Waals surface area (Å²) in [5.74, 6) is -1.05. The van der Waals surface area contributed by atoms with Gasteiger partial charge in [0.2, 0.25) is 0 Å². The first-order valence-electron chi connectivity index (χ1n) is 11.1. The van der Waals surface area contributed by atoms with Crippen molar-refractivity contribution in [2.45, 2.75) is 25.3 Å². The maximum Gasteiger partial charge on any atom is 0.307 e. The Labute approximate surface area is 192 Å². The fourth-order valence-corrected chi connectivity index (χ4v) is 4.57. The lowest BCUT2D eigenvalue weighted by atomic mass is 9.83. The van der Waals surface area contributed by atoms with Gasteiger partial charge in [0, 0.05) is 18.3 Å². The maximum atomic E-state index is 14.3. The number of hydrogen-bond acceptors (Lipinski definition) is 4. The van der Waals surface area contributed by atoms with Crippen LogP contribution < -0.4 is 10.6 Å². The monoisotopic (exact) mass is 443 g/mol. The Kier molecular flexibility index (Phi) is 7.01. The first-order chi connectivity index (χ1) is 16.0. The van der Waals surface area contributed by atoms with Gasteiger partial charge in [0.15, 0.2) is 0 Å². The van der Waals surface area contributed by atoms with Crippen LogP contribution in [0.25, 0.3) is 0 Å². The normalized spacial score (nSPS) is 15.7. The second kappa shape index (κ2) is 10.3. The van der Waals surface area contributed by atoms with Crippen molar-refractivity contribution in [2.75, 3.05) is 18.4 Å². The van der Waals surface area contributed by atoms with E-state index in [0.717, 1.165) is 29.8 Å². The van der Waals surface area contributed by atoms with Crippen LogP contribution in [0.5, 0.6) is 0 Å². The van der Waals surface area contributed by atoms with Gasteiger partial charge < -0.3 is 15.7 Å². The first-order valence-corrected chi connectivity index (χ1v) is 11.1. The lowest BCUT2D eigenvalue weighted by Crippen LogP contribution is -2.37. The molecular formula is C27H26FN3O2. The molecule has 1 aliphatic heterocycles. The molecule has 1 heterocycles. The van der Waals surface area contributed by atoms with Crippen LogP contribution in [0.3, 0.4) is 0 Å². The predicted molar refractivity (Wildman–Crippen MR) is 125 cm³/mol. The van der Waals surface area contributed by atoms with Crippen LogP contribution >= 0.6 is 0 Å². The van der Waals surface area contributed by atoms with Crippen molar-refractivity contribution in [1.29, 1.82) is 5.26 Å². The molecule has 2 atom stereocenters. The summed E-state index contributed by atoms with van der Waals surface area (Å²) in [4.78, 5) is 11.0. The van der Waals surface area contributed by atoms with Gasteiger partial charge in [-0.25, -0.2) is 4.39 Å². The highest BCUT2D eigenvalue weighted by Gasteiger charge is 2.28. The highest BCUT2D eigenvalue weighted by Crippen LogP contribution is 2.34. The van der Waals surface area contributed by atoms with Gasteiger partial charge >= 0.3 is 5.97 Å². The molecule has 5 nitrogen and oxygen atoms in total. The summed E-state index contributed by atoms with van der Waals surface area (Å²) in [7, 11) is 0. The zero-order valence-corrected chi connectivity index (χ0v) is 18.2. The van der Waals surface area contributed by atoms with E-state index in [0.29, 0.717) is 29.7 Å². The van der Waals surface area contributed by atoms with Gasteiger partial charge in [-0.15, -0.1) is 0 Å². The lowest BCUT2D eigenvalue weighted by molar-refractivity contribution is -0.136. The van der Waals surface area contributed by atoms with E-state index in [1.165, 1.54) is 12.1 Å². The van der Waals surface area contributed by atoms with Crippen LogP contribution in [-0.4, -0.2) is 24.2 Å². The second-order valence-corrected chi connectivity index (χ2v) is 8.38. The van der Waals surface area contributed by atoms with E-state index >= 15 is 0 Å². The smallest absolute Gasteiger partial charge is 0.307 e. The van der Waals surface area contributed by atoms with Crippen molar-refractivity contribution in [1.82, 2.24) is 5.32 Å². The number of nitriles is 1. The summed E-state index contributed by atoms with van der Waals surface area (Å²) in [5, 5.41) is 25.6. The molecule has 0 bridgehead atoms. The minimum absolute atomic E-state index is 0.0175. The lowest BCUT2D eigenvalue weighted by Gasteiger charge is -2.34. The van der Waals surface area contributed by atoms with Crippen LogP contribution in [0, 0.1) is 23.1 Å². The molecule has 168 valence electrons. The average Bonchev–Trinajstić information content (AvgIpc) is 2.83. The molecular weight excluding hydrogens is 417 g/mol. The Hall–Kier alpha value is -3.69. The van der Waals surface area contributed by atoms with Crippen LogP contribution in [0.1, 0.15) is 33.9 Å². The summed E-state index contributed by atoms with van der Waals surface area (Å²) < 4.78 is 14.3. The molecule has 3 N–H and O–H groups in total. The summed E-state index contributed by atoms with van der Waals surface area (Å²) in [6, 6.07) is 22.7. The number of rotatable bonds is 8. The zero-order chi connectivity index (χ0) is 23.2. The van der Waals surface area contributed by atoms with Crippen molar-refractivity contribution < 1.29 is 14.3 Å². The molecule has 1 aliphatic rings. The molecule has 0 fully saturated rings. The summed E-state index contributed by atoms with van der Waals surface area (Å²) in [6.07, 6.45) is 1.09. The largest absolute Gasteiger partial charge is 0.481 e. The average molecular weight is 444 g/mol. The van der Waals surface area contributed by atoms with Gasteiger partial charge in [0.25, 0.3) is 0 Å². The van der Waals surface area contributed by atoms with Crippen molar-refractivity contribution in [2.24, 2.45) is 5.92 Å². The van der Waals surface area contributed by atoms with Crippen molar-refractivity contribution in [3.8, 4) is 6.07 Å². The Morgan fingerprint density at radius 1 is 1.18 bits per heavy atom. The van der Waals surface area contributed by atoms with E-state index in [4.69, 9.17) is 5.11 Å². The van der Waals surface area contributed by atoms with Crippen LogP contribution in [0.2, 0.25) is 0 Å². The fourth-order valence-electron chi connectivity index (χ4n) is 4.57. The molecule has 3 aromatic carbocycles. The Bertz CT molecular complexity index is 1170. The minimum Gasteiger partial charge on any atom is -0.481 e. The SMILES string of the molecule is N#Cc1cccc2c1C[C@H]([C@H](NCCc1cc(CC(=O)O)ccc1F)c1ccccc1)CN2. The third kappa shape index (κ3) is 5.39. The maximum absolute atomic E-state index is 14.3. The van der Waals surface area contributed by atoms with E-state index in [1.807, 2.05) is 36.4 Å². The van der Waals surface area contributed by atoms with Gasteiger partial charge in [-0.05, 0) is 65.8 Å². The van der Waals surface area contributed by atoms with Crippen molar-refractivity contribution >= 4 is 11.7 Å². The molecule has 3 aromatic rings. The van der Waals surface area contributed by atoms with E-state index in [-0.39, 0.29) is 24.2 Å². The third-order valence-corrected chi connectivity index (χ3v) is 6.17. The predicted octanol–water partition coefficient (Wildman–Crippen LogP) is 4.48. The Morgan fingerprint density at radius 2 is 2.00 bits per heavy atom. The van der Waals surface area contributed by atoms with Gasteiger partial charge in [-0.2, -0.15) is 5.26 Å². The molecule has 0 aliphatic carbocycles. The number of fused-ring (bicyclic) bond motifs is 1. The van der Waals surface area contributed by atoms with Gasteiger partial charge in [0.1, 0.15) is 5.82 Å². The Morgan fingerprint density at radius 3 is 2.76 bits per heavy atom. The van der Waals surface area contributed by atoms with E-state index in [9.17, 15) is 14.4 Å². The number of carbonyl (C=O) groups is 1. The van der Waals surface area contributed by atoms with E-state index < -0.39 is 5.97 Å². The number of carboxylic acids is 1. The van der Waals surface area contributed by atoms with Crippen LogP contribution in [-0.2, 0) is 24.1 Å². The fraction of sp³-hybridized carbons (Fsp3) is 0.259. The van der Waals surface area contributed by atoms with Crippen molar-refractivity contribution in [3.05, 3.63) is 100 Å². The zero-order valence-electron chi connectivity index (χ0n) is 18.2. The van der Waals surface area contributed by atoms with Gasteiger partial charge in [-0.1, -0.05) is 48.5 Å². The highest BCUT2D eigenvalue weighted by atomic mass is 19.1. The Balaban J connectivity index is 1.51. The molecule has 0 radical (unpaired) electrons. The number of aliphatic carboxylic acids is 1. The first kappa shape index (κ1) is 22.5. The summed E-state index contributed by atoms with van der Waals surface area (Å²) in [5.41, 5.74) is 4.97. The van der Waals surface area contributed by atoms with Crippen LogP contribution in [0.4, 0.5) is 10.1 Å². The van der Waals surface area contributed by atoms with Gasteiger partial charge in [0.05, 0.1) is 18.1 Å². The molecule has 0 spiro atoms. The standard InChI is InChI=1S/C27H26FN3O2/c28-24-10-9-18(14-26(32)33)13-20(24)11-12-30-27(19-5-2-1-3-6-19)22-15-23-21(16-29)7-4-8-25(23)31-17-22/h1-10,13,22,27,30-31H,11-12,14-15,17H2,(H,32,33)/t22-,27+/m0/s1. The number of nitrogens with zero attached hydrogens (tertiary/aromatic N) is 1. The minimum atomic E-state index is -0.934. The summed E-state index contributed by atoms with van der Waals surface area (Å²) >= 11 is 0. The number of hydrogen-bond donors (Lipinski definition) is 3. The number of halogens is 1. The molecule has 0 amide bonds. The number of anilines is 1. The molecule has 0 saturated heterocycles. The van der Waals surface area contributed by atoms with E-state index in [2.05, 4.69) is 28.8 Å². The second-order valence-electron chi connectivity index (χ2n) is 8.38. The quantitative estimate of drug-likeness (QED) is 0.478. The highest BCUT2D eigenvalue weighted by molar-refractivity contribution is 5.70. The van der Waals surface area contributed by atoms with E-state index in [1.54, 1.807) is 6.07 Å². The van der Waals surface area contributed by atoms with Crippen LogP contribution in [0.15, 0.2) is 66.7 Å². The van der Waals surface area contributed by atoms with Crippen molar-refractivity contribution in [3.63, 3.8) is 0 Å². The molecule has 0 unspecified atom stereocenters. The third-order valence-electron chi connectivity index (χ3n) is 6.17. The number of benzene rings is 3. The molecule has 4 rings (SSSR count). The van der Waals surface area contributed by atoms with Gasteiger partial charge in [-0.3, -0.25) is 4.79 Å². The molecule has 6 heteroatoms. The molecule has 0 saturated carbocycles. The molecule has 0 aromatic heterocycles. The number of carboxylic acid groups (broad SMARTS) is 1. The number of nitrogens with one attached hydrogen (secondary N) is 2. The summed E-state index contributed by atoms with van der Waals surface area (Å²) in [6.45, 7) is 1.30. The molecule has 33 heavy (non-hydrogen) atoms.